The molecule has 0 heterocycles. The number of benzene rings is 1. The van der Waals surface area contributed by atoms with Crippen LogP contribution in [0.1, 0.15) is 24.9 Å². The SMILES string of the molecule is C[C@@H](NC(=S)NCCCN(C)C)c1ccc(Cl)cc1. The first-order valence-electron chi connectivity index (χ1n) is 6.43. The van der Waals surface area contributed by atoms with Crippen LogP contribution in [0.25, 0.3) is 0 Å². The molecule has 0 aliphatic carbocycles. The summed E-state index contributed by atoms with van der Waals surface area (Å²) < 4.78 is 0. The molecule has 0 aliphatic heterocycles. The van der Waals surface area contributed by atoms with Crippen molar-refractivity contribution in [1.82, 2.24) is 15.5 Å². The fraction of sp³-hybridized carbons (Fsp3) is 0.500. The summed E-state index contributed by atoms with van der Waals surface area (Å²) in [6, 6.07) is 7.97. The van der Waals surface area contributed by atoms with E-state index in [-0.39, 0.29) is 6.04 Å². The molecule has 2 N–H and O–H groups in total. The standard InChI is InChI=1S/C14H22ClN3S/c1-11(12-5-7-13(15)8-6-12)17-14(19)16-9-4-10-18(2)3/h5-8,11H,4,9-10H2,1-3H3,(H2,16,17,19)/t11-/m1/s1. The predicted molar refractivity (Wildman–Crippen MR) is 86.8 cm³/mol. The van der Waals surface area contributed by atoms with Crippen molar-refractivity contribution >= 4 is 28.9 Å². The Morgan fingerprint density at radius 3 is 2.53 bits per heavy atom. The average Bonchev–Trinajstić information content (AvgIpc) is 2.35. The molecule has 0 fully saturated rings. The number of rotatable bonds is 6. The second-order valence-corrected chi connectivity index (χ2v) is 5.67. The van der Waals surface area contributed by atoms with Crippen LogP contribution >= 0.6 is 23.8 Å². The van der Waals surface area contributed by atoms with Crippen molar-refractivity contribution < 1.29 is 0 Å². The van der Waals surface area contributed by atoms with Crippen molar-refractivity contribution in [3.63, 3.8) is 0 Å². The molecule has 0 bridgehead atoms. The highest BCUT2D eigenvalue weighted by atomic mass is 35.5. The van der Waals surface area contributed by atoms with Crippen LogP contribution in [0.15, 0.2) is 24.3 Å². The molecule has 0 spiro atoms. The van der Waals surface area contributed by atoms with Crippen molar-refractivity contribution in [2.75, 3.05) is 27.2 Å². The zero-order valence-corrected chi connectivity index (χ0v) is 13.3. The largest absolute Gasteiger partial charge is 0.363 e. The van der Waals surface area contributed by atoms with Gasteiger partial charge in [0.15, 0.2) is 5.11 Å². The molecule has 0 amide bonds. The van der Waals surface area contributed by atoms with Gasteiger partial charge in [0.1, 0.15) is 0 Å². The van der Waals surface area contributed by atoms with E-state index >= 15 is 0 Å². The van der Waals surface area contributed by atoms with Crippen LogP contribution in [-0.2, 0) is 0 Å². The molecule has 0 aromatic heterocycles. The summed E-state index contributed by atoms with van der Waals surface area (Å²) in [4.78, 5) is 2.16. The number of hydrogen-bond donors (Lipinski definition) is 2. The van der Waals surface area contributed by atoms with E-state index in [1.807, 2.05) is 24.3 Å². The van der Waals surface area contributed by atoms with Gasteiger partial charge in [-0.25, -0.2) is 0 Å². The van der Waals surface area contributed by atoms with Crippen LogP contribution < -0.4 is 10.6 Å². The quantitative estimate of drug-likeness (QED) is 0.624. The number of nitrogens with zero attached hydrogens (tertiary/aromatic N) is 1. The van der Waals surface area contributed by atoms with Crippen LogP contribution in [0.5, 0.6) is 0 Å². The van der Waals surface area contributed by atoms with Crippen LogP contribution in [0.3, 0.4) is 0 Å². The number of halogens is 1. The van der Waals surface area contributed by atoms with Gasteiger partial charge in [-0.15, -0.1) is 0 Å². The van der Waals surface area contributed by atoms with Gasteiger partial charge in [-0.3, -0.25) is 0 Å². The summed E-state index contributed by atoms with van der Waals surface area (Å²) in [5.41, 5.74) is 1.17. The second-order valence-electron chi connectivity index (χ2n) is 4.83. The molecular weight excluding hydrogens is 278 g/mol. The third-order valence-electron chi connectivity index (χ3n) is 2.79. The van der Waals surface area contributed by atoms with Gasteiger partial charge >= 0.3 is 0 Å². The van der Waals surface area contributed by atoms with Crippen LogP contribution in [0, 0.1) is 0 Å². The lowest BCUT2D eigenvalue weighted by Gasteiger charge is -2.18. The van der Waals surface area contributed by atoms with E-state index in [0.29, 0.717) is 5.11 Å². The lowest BCUT2D eigenvalue weighted by Crippen LogP contribution is -2.37. The van der Waals surface area contributed by atoms with Gasteiger partial charge in [0, 0.05) is 11.6 Å². The van der Waals surface area contributed by atoms with Gasteiger partial charge in [-0.1, -0.05) is 23.7 Å². The summed E-state index contributed by atoms with van der Waals surface area (Å²) >= 11 is 11.1. The molecule has 106 valence electrons. The fourth-order valence-corrected chi connectivity index (χ4v) is 2.08. The van der Waals surface area contributed by atoms with Crippen molar-refractivity contribution in [3.05, 3.63) is 34.9 Å². The number of hydrogen-bond acceptors (Lipinski definition) is 2. The summed E-state index contributed by atoms with van der Waals surface area (Å²) in [7, 11) is 4.14. The minimum atomic E-state index is 0.172. The molecule has 1 aromatic carbocycles. The van der Waals surface area contributed by atoms with Gasteiger partial charge in [0.05, 0.1) is 6.04 Å². The topological polar surface area (TPSA) is 27.3 Å². The zero-order chi connectivity index (χ0) is 14.3. The average molecular weight is 300 g/mol. The molecule has 0 saturated heterocycles. The van der Waals surface area contributed by atoms with Crippen molar-refractivity contribution in [2.45, 2.75) is 19.4 Å². The van der Waals surface area contributed by atoms with E-state index in [2.05, 4.69) is 36.6 Å². The smallest absolute Gasteiger partial charge is 0.166 e. The third-order valence-corrected chi connectivity index (χ3v) is 3.30. The molecular formula is C14H22ClN3S. The van der Waals surface area contributed by atoms with Crippen LogP contribution in [0.2, 0.25) is 5.02 Å². The first-order valence-corrected chi connectivity index (χ1v) is 7.22. The number of nitrogens with one attached hydrogen (secondary N) is 2. The molecule has 0 unspecified atom stereocenters. The fourth-order valence-electron chi connectivity index (χ4n) is 1.68. The van der Waals surface area contributed by atoms with E-state index in [4.69, 9.17) is 23.8 Å². The maximum Gasteiger partial charge on any atom is 0.166 e. The van der Waals surface area contributed by atoms with Crippen molar-refractivity contribution in [2.24, 2.45) is 0 Å². The summed E-state index contributed by atoms with van der Waals surface area (Å²) in [5.74, 6) is 0. The van der Waals surface area contributed by atoms with E-state index in [1.165, 1.54) is 5.56 Å². The lowest BCUT2D eigenvalue weighted by molar-refractivity contribution is 0.400. The highest BCUT2D eigenvalue weighted by molar-refractivity contribution is 7.80. The monoisotopic (exact) mass is 299 g/mol. The Hall–Kier alpha value is -0.840. The Bertz CT molecular complexity index is 392. The second kappa shape index (κ2) is 8.35. The minimum Gasteiger partial charge on any atom is -0.363 e. The first kappa shape index (κ1) is 16.2. The van der Waals surface area contributed by atoms with E-state index in [0.717, 1.165) is 24.5 Å². The van der Waals surface area contributed by atoms with E-state index in [1.54, 1.807) is 0 Å². The molecule has 5 heteroatoms. The minimum absolute atomic E-state index is 0.172. The van der Waals surface area contributed by atoms with Gasteiger partial charge in [0.2, 0.25) is 0 Å². The maximum absolute atomic E-state index is 5.87. The molecule has 1 aromatic rings. The first-order chi connectivity index (χ1) is 8.99. The molecule has 3 nitrogen and oxygen atoms in total. The molecule has 0 saturated carbocycles. The maximum atomic E-state index is 5.87. The van der Waals surface area contributed by atoms with E-state index in [9.17, 15) is 0 Å². The van der Waals surface area contributed by atoms with Crippen LogP contribution in [0.4, 0.5) is 0 Å². The molecule has 0 aliphatic rings. The number of thiocarbonyl (C=S) groups is 1. The lowest BCUT2D eigenvalue weighted by atomic mass is 10.1. The van der Waals surface area contributed by atoms with Crippen molar-refractivity contribution in [1.29, 1.82) is 0 Å². The molecule has 1 rings (SSSR count). The van der Waals surface area contributed by atoms with Gasteiger partial charge in [0.25, 0.3) is 0 Å². The van der Waals surface area contributed by atoms with Gasteiger partial charge in [-0.2, -0.15) is 0 Å². The predicted octanol–water partition coefficient (Wildman–Crippen LogP) is 2.82. The third kappa shape index (κ3) is 6.76. The van der Waals surface area contributed by atoms with Crippen LogP contribution in [-0.4, -0.2) is 37.2 Å². The Morgan fingerprint density at radius 2 is 1.95 bits per heavy atom. The van der Waals surface area contributed by atoms with Gasteiger partial charge in [-0.05, 0) is 63.9 Å². The molecule has 19 heavy (non-hydrogen) atoms. The Labute approximate surface area is 126 Å². The van der Waals surface area contributed by atoms with Crippen molar-refractivity contribution in [3.8, 4) is 0 Å². The van der Waals surface area contributed by atoms with Gasteiger partial charge < -0.3 is 15.5 Å². The highest BCUT2D eigenvalue weighted by Crippen LogP contribution is 2.15. The highest BCUT2D eigenvalue weighted by Gasteiger charge is 2.06. The summed E-state index contributed by atoms with van der Waals surface area (Å²) in [6.07, 6.45) is 1.07. The molecule has 1 atom stereocenters. The summed E-state index contributed by atoms with van der Waals surface area (Å²) in [5, 5.41) is 7.93. The Balaban J connectivity index is 2.29. The summed E-state index contributed by atoms with van der Waals surface area (Å²) in [6.45, 7) is 4.02. The zero-order valence-electron chi connectivity index (χ0n) is 11.7. The molecule has 0 radical (unpaired) electrons. The Morgan fingerprint density at radius 1 is 1.32 bits per heavy atom. The van der Waals surface area contributed by atoms with E-state index < -0.39 is 0 Å². The normalized spacial score (nSPS) is 12.3. The Kier molecular flexibility index (Phi) is 7.13.